The van der Waals surface area contributed by atoms with Crippen molar-refractivity contribution in [3.05, 3.63) is 7.11 Å². The summed E-state index contributed by atoms with van der Waals surface area (Å²) >= 11 is 0. The summed E-state index contributed by atoms with van der Waals surface area (Å²) < 4.78 is 9.44. The van der Waals surface area contributed by atoms with E-state index in [4.69, 9.17) is 4.74 Å². The summed E-state index contributed by atoms with van der Waals surface area (Å²) in [4.78, 5) is 22.0. The van der Waals surface area contributed by atoms with Crippen LogP contribution in [0.15, 0.2) is 0 Å². The minimum atomic E-state index is -0.246. The third kappa shape index (κ3) is 11.2. The van der Waals surface area contributed by atoms with Gasteiger partial charge in [-0.1, -0.05) is 13.8 Å². The van der Waals surface area contributed by atoms with E-state index >= 15 is 0 Å². The van der Waals surface area contributed by atoms with Gasteiger partial charge in [0.15, 0.2) is 5.78 Å². The van der Waals surface area contributed by atoms with E-state index in [0.717, 1.165) is 0 Å². The fraction of sp³-hybridized carbons (Fsp3) is 0.700. The molecule has 0 fully saturated rings. The molecular formula is C10H18KNO4. The minimum Gasteiger partial charge on any atom is -0.548 e. The fourth-order valence-electron chi connectivity index (χ4n) is 0.746. The van der Waals surface area contributed by atoms with Crippen molar-refractivity contribution in [2.45, 2.75) is 13.8 Å². The van der Waals surface area contributed by atoms with Crippen LogP contribution in [0.3, 0.4) is 0 Å². The summed E-state index contributed by atoms with van der Waals surface area (Å²) in [5.74, 6) is -0.203. The van der Waals surface area contributed by atoms with E-state index in [0.29, 0.717) is 13.2 Å². The average Bonchev–Trinajstić information content (AvgIpc) is 2.17. The standard InChI is InChI=1S/C10H18NO4.K/c1-8(2)9(12)6-15-5-4-11-10(13)7-14-3;/h8H,3-7H2,1-2H3,(H,11,13);/q-1;+1. The average molecular weight is 255 g/mol. The summed E-state index contributed by atoms with van der Waals surface area (Å²) in [6.07, 6.45) is 0. The number of carbonyl (C=O) groups excluding carboxylic acids is 2. The smallest absolute Gasteiger partial charge is 0.548 e. The molecule has 0 aromatic rings. The van der Waals surface area contributed by atoms with Crippen molar-refractivity contribution in [1.82, 2.24) is 5.32 Å². The number of carbonyl (C=O) groups is 2. The SMILES string of the molecule is [CH2-]OCC(=O)NCCOCC(=O)C(C)C.[K+]. The number of ketones is 1. The maximum Gasteiger partial charge on any atom is 1.00 e. The zero-order valence-electron chi connectivity index (χ0n) is 10.2. The normalized spacial score (nSPS) is 9.75. The summed E-state index contributed by atoms with van der Waals surface area (Å²) in [5.41, 5.74) is 0. The Morgan fingerprint density at radius 3 is 2.44 bits per heavy atom. The second kappa shape index (κ2) is 12.2. The summed E-state index contributed by atoms with van der Waals surface area (Å²) in [6.45, 7) is 4.36. The second-order valence-corrected chi connectivity index (χ2v) is 3.37. The molecule has 0 bridgehead atoms. The quantitative estimate of drug-likeness (QED) is 0.288. The van der Waals surface area contributed by atoms with Crippen LogP contribution in [0.2, 0.25) is 0 Å². The van der Waals surface area contributed by atoms with E-state index in [9.17, 15) is 9.59 Å². The molecule has 88 valence electrons. The van der Waals surface area contributed by atoms with Crippen LogP contribution in [-0.2, 0) is 19.1 Å². The molecule has 0 rings (SSSR count). The van der Waals surface area contributed by atoms with Crippen molar-refractivity contribution in [3.8, 4) is 0 Å². The molecule has 0 saturated heterocycles. The van der Waals surface area contributed by atoms with Crippen LogP contribution >= 0.6 is 0 Å². The molecule has 5 nitrogen and oxygen atoms in total. The van der Waals surface area contributed by atoms with Crippen LogP contribution in [-0.4, -0.2) is 38.1 Å². The van der Waals surface area contributed by atoms with Gasteiger partial charge in [-0.05, 0) is 0 Å². The van der Waals surface area contributed by atoms with E-state index < -0.39 is 0 Å². The van der Waals surface area contributed by atoms with Crippen LogP contribution < -0.4 is 56.7 Å². The molecule has 16 heavy (non-hydrogen) atoms. The van der Waals surface area contributed by atoms with Crippen molar-refractivity contribution >= 4 is 11.7 Å². The molecular weight excluding hydrogens is 237 g/mol. The first-order valence-corrected chi connectivity index (χ1v) is 4.82. The Bertz CT molecular complexity index is 209. The van der Waals surface area contributed by atoms with Gasteiger partial charge in [0.2, 0.25) is 5.91 Å². The monoisotopic (exact) mass is 255 g/mol. The molecule has 0 heterocycles. The summed E-state index contributed by atoms with van der Waals surface area (Å²) in [7, 11) is 3.08. The van der Waals surface area contributed by atoms with Crippen molar-refractivity contribution in [2.24, 2.45) is 5.92 Å². The third-order valence-corrected chi connectivity index (χ3v) is 1.69. The van der Waals surface area contributed by atoms with Gasteiger partial charge in [0, 0.05) is 12.5 Å². The van der Waals surface area contributed by atoms with Gasteiger partial charge < -0.3 is 14.8 Å². The number of hydrogen-bond acceptors (Lipinski definition) is 4. The zero-order chi connectivity index (χ0) is 11.7. The Balaban J connectivity index is 0. The van der Waals surface area contributed by atoms with E-state index in [2.05, 4.69) is 17.2 Å². The maximum absolute atomic E-state index is 11.1. The van der Waals surface area contributed by atoms with Gasteiger partial charge in [-0.2, -0.15) is 0 Å². The van der Waals surface area contributed by atoms with Gasteiger partial charge >= 0.3 is 51.4 Å². The van der Waals surface area contributed by atoms with Gasteiger partial charge in [0.05, 0.1) is 13.2 Å². The molecule has 0 atom stereocenters. The summed E-state index contributed by atoms with van der Waals surface area (Å²) in [5, 5.41) is 2.55. The van der Waals surface area contributed by atoms with Gasteiger partial charge in [-0.3, -0.25) is 9.59 Å². The van der Waals surface area contributed by atoms with Crippen LogP contribution in [0.25, 0.3) is 0 Å². The van der Waals surface area contributed by atoms with Crippen molar-refractivity contribution in [3.63, 3.8) is 0 Å². The van der Waals surface area contributed by atoms with Crippen LogP contribution in [0.1, 0.15) is 13.8 Å². The van der Waals surface area contributed by atoms with Crippen LogP contribution in [0.4, 0.5) is 0 Å². The molecule has 0 aliphatic heterocycles. The molecule has 1 N–H and O–H groups in total. The number of nitrogens with one attached hydrogen (secondary N) is 1. The molecule has 0 radical (unpaired) electrons. The Kier molecular flexibility index (Phi) is 14.5. The van der Waals surface area contributed by atoms with Gasteiger partial charge in [0.25, 0.3) is 0 Å². The minimum absolute atomic E-state index is 0. The van der Waals surface area contributed by atoms with Crippen LogP contribution in [0, 0.1) is 13.0 Å². The number of ether oxygens (including phenoxy) is 2. The Morgan fingerprint density at radius 1 is 1.31 bits per heavy atom. The van der Waals surface area contributed by atoms with Gasteiger partial charge in [0.1, 0.15) is 6.61 Å². The first-order valence-electron chi connectivity index (χ1n) is 4.82. The second-order valence-electron chi connectivity index (χ2n) is 3.37. The molecule has 1 amide bonds. The largest absolute Gasteiger partial charge is 1.00 e. The number of hydrogen-bond donors (Lipinski definition) is 1. The molecule has 0 saturated carbocycles. The first-order chi connectivity index (χ1) is 7.07. The van der Waals surface area contributed by atoms with E-state index in [-0.39, 0.29) is 82.2 Å². The predicted molar refractivity (Wildman–Crippen MR) is 55.0 cm³/mol. The summed E-state index contributed by atoms with van der Waals surface area (Å²) in [6, 6.07) is 0. The fourth-order valence-corrected chi connectivity index (χ4v) is 0.746. The van der Waals surface area contributed by atoms with Crippen molar-refractivity contribution in [2.75, 3.05) is 26.4 Å². The van der Waals surface area contributed by atoms with Gasteiger partial charge in [-0.25, -0.2) is 7.11 Å². The number of amides is 1. The predicted octanol–water partition coefficient (Wildman–Crippen LogP) is -2.84. The maximum atomic E-state index is 11.1. The molecule has 0 aromatic carbocycles. The number of rotatable bonds is 8. The Morgan fingerprint density at radius 2 is 1.94 bits per heavy atom. The molecule has 0 aromatic heterocycles. The van der Waals surface area contributed by atoms with Crippen molar-refractivity contribution in [1.29, 1.82) is 0 Å². The Labute approximate surface area is 139 Å². The molecule has 0 aliphatic carbocycles. The van der Waals surface area contributed by atoms with Crippen molar-refractivity contribution < 1.29 is 70.4 Å². The van der Waals surface area contributed by atoms with E-state index in [1.165, 1.54) is 0 Å². The molecule has 0 aliphatic rings. The van der Waals surface area contributed by atoms with E-state index in [1.54, 1.807) is 0 Å². The van der Waals surface area contributed by atoms with Gasteiger partial charge in [-0.15, -0.1) is 0 Å². The molecule has 0 spiro atoms. The first kappa shape index (κ1) is 19.0. The Hall–Kier alpha value is 0.696. The van der Waals surface area contributed by atoms with E-state index in [1.807, 2.05) is 13.8 Å². The topological polar surface area (TPSA) is 64.6 Å². The third-order valence-electron chi connectivity index (χ3n) is 1.69. The molecule has 0 unspecified atom stereocenters. The van der Waals surface area contributed by atoms with Crippen LogP contribution in [0.5, 0.6) is 0 Å². The molecule has 6 heteroatoms. The zero-order valence-corrected chi connectivity index (χ0v) is 13.4. The number of Topliss-reactive ketones (excluding diaryl/α,β-unsaturated/α-hetero) is 1.